The van der Waals surface area contributed by atoms with Crippen molar-refractivity contribution in [3.8, 4) is 11.4 Å². The fraction of sp³-hybridized carbons (Fsp3) is 0.500. The van der Waals surface area contributed by atoms with Crippen LogP contribution in [0.3, 0.4) is 0 Å². The fourth-order valence-electron chi connectivity index (χ4n) is 2.72. The summed E-state index contributed by atoms with van der Waals surface area (Å²) in [4.78, 5) is 36.9. The van der Waals surface area contributed by atoms with Gasteiger partial charge in [0.25, 0.3) is 0 Å². The highest BCUT2D eigenvalue weighted by molar-refractivity contribution is 7.84. The van der Waals surface area contributed by atoms with Crippen molar-refractivity contribution >= 4 is 45.6 Å². The number of aromatic nitrogens is 4. The van der Waals surface area contributed by atoms with Crippen LogP contribution in [0.1, 0.15) is 45.2 Å². The van der Waals surface area contributed by atoms with E-state index in [1.54, 1.807) is 6.92 Å². The van der Waals surface area contributed by atoms with Gasteiger partial charge in [0.15, 0.2) is 0 Å². The summed E-state index contributed by atoms with van der Waals surface area (Å²) in [6.45, 7) is 7.29. The van der Waals surface area contributed by atoms with Gasteiger partial charge in [-0.15, -0.1) is 0 Å². The van der Waals surface area contributed by atoms with Crippen molar-refractivity contribution < 1.29 is 32.0 Å². The molecule has 33 heavy (non-hydrogen) atoms. The lowest BCUT2D eigenvalue weighted by Crippen LogP contribution is -2.47. The zero-order chi connectivity index (χ0) is 25.1. The van der Waals surface area contributed by atoms with Crippen molar-refractivity contribution in [1.29, 1.82) is 0 Å². The van der Waals surface area contributed by atoms with Gasteiger partial charge in [-0.05, 0) is 46.2 Å². The first kappa shape index (κ1) is 26.8. The molecule has 15 heteroatoms. The van der Waals surface area contributed by atoms with Gasteiger partial charge in [0, 0.05) is 12.7 Å². The van der Waals surface area contributed by atoms with Gasteiger partial charge in [0.05, 0.1) is 23.9 Å². The molecule has 0 saturated carbocycles. The summed E-state index contributed by atoms with van der Waals surface area (Å²) >= 11 is 12.0. The summed E-state index contributed by atoms with van der Waals surface area (Å²) in [6.07, 6.45) is 1.31. The normalized spacial score (nSPS) is 12.8. The first-order valence-corrected chi connectivity index (χ1v) is 11.7. The van der Waals surface area contributed by atoms with Gasteiger partial charge in [0.2, 0.25) is 11.1 Å². The van der Waals surface area contributed by atoms with E-state index < -0.39 is 34.0 Å². The number of nitrogens with zero attached hydrogens (tertiary/aromatic N) is 5. The van der Waals surface area contributed by atoms with Crippen LogP contribution >= 0.6 is 23.2 Å². The van der Waals surface area contributed by atoms with E-state index in [0.29, 0.717) is 0 Å². The van der Waals surface area contributed by atoms with Crippen molar-refractivity contribution in [2.24, 2.45) is 0 Å². The number of carbonyl (C=O) groups is 2. The predicted octanol–water partition coefficient (Wildman–Crippen LogP) is 3.25. The first-order chi connectivity index (χ1) is 15.1. The fourth-order valence-corrected chi connectivity index (χ4v) is 3.79. The highest BCUT2D eigenvalue weighted by atomic mass is 35.5. The lowest BCUT2D eigenvalue weighted by Gasteiger charge is -2.29. The van der Waals surface area contributed by atoms with E-state index in [1.807, 2.05) is 0 Å². The number of hydrogen-bond donors (Lipinski definition) is 1. The highest BCUT2D eigenvalue weighted by Crippen LogP contribution is 2.26. The lowest BCUT2D eigenvalue weighted by molar-refractivity contribution is 0.0323. The molecule has 0 aliphatic carbocycles. The van der Waals surface area contributed by atoms with Crippen LogP contribution in [0.2, 0.25) is 10.3 Å². The summed E-state index contributed by atoms with van der Waals surface area (Å²) in [7, 11) is -5.01. The molecule has 1 atom stereocenters. The number of imidazole rings is 1. The third-order valence-corrected chi connectivity index (χ3v) is 5.34. The van der Waals surface area contributed by atoms with E-state index in [9.17, 15) is 22.6 Å². The maximum absolute atomic E-state index is 12.5. The molecule has 0 fully saturated rings. The average Bonchev–Trinajstić information content (AvgIpc) is 3.04. The second-order valence-corrected chi connectivity index (χ2v) is 9.80. The monoisotopic (exact) mass is 523 g/mol. The van der Waals surface area contributed by atoms with Crippen molar-refractivity contribution in [3.63, 3.8) is 0 Å². The third-order valence-electron chi connectivity index (χ3n) is 3.88. The van der Waals surface area contributed by atoms with E-state index in [1.165, 1.54) is 44.7 Å². The van der Waals surface area contributed by atoms with Crippen LogP contribution in [-0.2, 0) is 26.3 Å². The number of rotatable bonds is 7. The molecule has 0 spiro atoms. The van der Waals surface area contributed by atoms with E-state index in [0.717, 1.165) is 0 Å². The molecule has 12 nitrogen and oxygen atoms in total. The van der Waals surface area contributed by atoms with Crippen molar-refractivity contribution in [2.45, 2.75) is 52.8 Å². The number of carbonyl (C=O) groups excluding carboxylic acids is 2. The molecule has 0 radical (unpaired) electrons. The molecule has 0 saturated heterocycles. The summed E-state index contributed by atoms with van der Waals surface area (Å²) in [6, 6.07) is -1.20. The largest absolute Gasteiger partial charge is 0.460 e. The Hall–Kier alpha value is -2.48. The standard InChI is InChI=1S/C18H23Cl2N5O7S/c1-6-31-15(26)14-22-12(13-11(19)7-21-16(20)23-13)9-24(14)8-10(2)25(33(28,29)30)17(27)32-18(3,4)5/h7,9-10H,6,8H2,1-5H3,(H,28,29,30)/t10-/m0/s1. The number of hydrogen-bond acceptors (Lipinski definition) is 9. The topological polar surface area (TPSA) is 154 Å². The molecular weight excluding hydrogens is 501 g/mol. The van der Waals surface area contributed by atoms with Crippen LogP contribution in [-0.4, -0.2) is 67.1 Å². The molecule has 0 unspecified atom stereocenters. The van der Waals surface area contributed by atoms with E-state index in [-0.39, 0.29) is 45.0 Å². The maximum Gasteiger partial charge on any atom is 0.426 e. The number of halogens is 2. The molecule has 2 rings (SSSR count). The second kappa shape index (κ2) is 10.2. The van der Waals surface area contributed by atoms with Crippen LogP contribution in [0.25, 0.3) is 11.4 Å². The maximum atomic E-state index is 12.5. The Labute approximate surface area is 200 Å². The minimum Gasteiger partial charge on any atom is -0.460 e. The van der Waals surface area contributed by atoms with Crippen LogP contribution < -0.4 is 0 Å². The van der Waals surface area contributed by atoms with Crippen LogP contribution in [0, 0.1) is 0 Å². The summed E-state index contributed by atoms with van der Waals surface area (Å²) < 4.78 is 45.0. The highest BCUT2D eigenvalue weighted by Gasteiger charge is 2.35. The molecule has 0 aliphatic rings. The second-order valence-electron chi connectivity index (χ2n) is 7.76. The average molecular weight is 524 g/mol. The Morgan fingerprint density at radius 2 is 1.91 bits per heavy atom. The van der Waals surface area contributed by atoms with Crippen LogP contribution in [0.15, 0.2) is 12.4 Å². The van der Waals surface area contributed by atoms with E-state index in [2.05, 4.69) is 15.0 Å². The molecule has 0 aromatic carbocycles. The molecule has 2 aromatic heterocycles. The summed E-state index contributed by atoms with van der Waals surface area (Å²) in [5.74, 6) is -1.04. The Morgan fingerprint density at radius 3 is 2.45 bits per heavy atom. The summed E-state index contributed by atoms with van der Waals surface area (Å²) in [5.41, 5.74) is -0.788. The van der Waals surface area contributed by atoms with E-state index >= 15 is 0 Å². The molecule has 1 amide bonds. The van der Waals surface area contributed by atoms with Gasteiger partial charge >= 0.3 is 22.4 Å². The molecule has 182 valence electrons. The third kappa shape index (κ3) is 7.00. The van der Waals surface area contributed by atoms with Gasteiger partial charge in [-0.1, -0.05) is 11.6 Å². The van der Waals surface area contributed by atoms with Gasteiger partial charge < -0.3 is 14.0 Å². The Balaban J connectivity index is 2.50. The minimum atomic E-state index is -5.01. The molecule has 0 bridgehead atoms. The number of amides is 1. The quantitative estimate of drug-likeness (QED) is 0.324. The Morgan fingerprint density at radius 1 is 1.27 bits per heavy atom. The van der Waals surface area contributed by atoms with Crippen LogP contribution in [0.5, 0.6) is 0 Å². The SMILES string of the molecule is CCOC(=O)c1nc(-c2nc(Cl)ncc2Cl)cn1C[C@H](C)N(C(=O)OC(C)(C)C)S(=O)(=O)O. The number of esters is 1. The molecule has 2 aromatic rings. The van der Waals surface area contributed by atoms with Crippen molar-refractivity contribution in [2.75, 3.05) is 6.61 Å². The predicted molar refractivity (Wildman–Crippen MR) is 118 cm³/mol. The molecule has 1 N–H and O–H groups in total. The van der Waals surface area contributed by atoms with Gasteiger partial charge in [-0.2, -0.15) is 12.7 Å². The zero-order valence-corrected chi connectivity index (χ0v) is 20.8. The van der Waals surface area contributed by atoms with Crippen molar-refractivity contribution in [3.05, 3.63) is 28.5 Å². The van der Waals surface area contributed by atoms with E-state index in [4.69, 9.17) is 32.7 Å². The van der Waals surface area contributed by atoms with Gasteiger partial charge in [-0.25, -0.2) is 24.5 Å². The van der Waals surface area contributed by atoms with Crippen LogP contribution in [0.4, 0.5) is 4.79 Å². The molecule has 2 heterocycles. The molecular formula is C18H23Cl2N5O7S. The number of ether oxygens (including phenoxy) is 2. The smallest absolute Gasteiger partial charge is 0.426 e. The summed E-state index contributed by atoms with van der Waals surface area (Å²) in [5, 5.41) is -0.0155. The van der Waals surface area contributed by atoms with Gasteiger partial charge in [-0.3, -0.25) is 4.55 Å². The molecule has 0 aliphatic heterocycles. The Kier molecular flexibility index (Phi) is 8.27. The first-order valence-electron chi connectivity index (χ1n) is 9.56. The van der Waals surface area contributed by atoms with Crippen molar-refractivity contribution in [1.82, 2.24) is 23.8 Å². The minimum absolute atomic E-state index is 0.0473. The van der Waals surface area contributed by atoms with Gasteiger partial charge in [0.1, 0.15) is 17.0 Å². The zero-order valence-electron chi connectivity index (χ0n) is 18.4. The Bertz CT molecular complexity index is 1150. The lowest BCUT2D eigenvalue weighted by atomic mass is 10.2.